The molecule has 4 nitrogen and oxygen atoms in total. The normalized spacial score (nSPS) is 11.0. The van der Waals surface area contributed by atoms with Gasteiger partial charge < -0.3 is 10.5 Å². The molecule has 0 amide bonds. The fourth-order valence-corrected chi connectivity index (χ4v) is 2.25. The van der Waals surface area contributed by atoms with Crippen LogP contribution in [-0.2, 0) is 11.3 Å². The van der Waals surface area contributed by atoms with Gasteiger partial charge in [-0.3, -0.25) is 4.40 Å². The molecule has 0 fully saturated rings. The van der Waals surface area contributed by atoms with Gasteiger partial charge in [-0.1, -0.05) is 30.3 Å². The molecule has 0 radical (unpaired) electrons. The monoisotopic (exact) mass is 253 g/mol. The van der Waals surface area contributed by atoms with E-state index in [0.29, 0.717) is 12.4 Å². The number of nitrogen functional groups attached to an aromatic ring is 1. The Kier molecular flexibility index (Phi) is 2.93. The molecule has 0 aliphatic heterocycles. The smallest absolute Gasteiger partial charge is 0.139 e. The highest BCUT2D eigenvalue weighted by Gasteiger charge is 2.13. The number of hydrogen-bond donors (Lipinski definition) is 1. The second-order valence-corrected chi connectivity index (χ2v) is 4.36. The van der Waals surface area contributed by atoms with Crippen LogP contribution in [0, 0.1) is 0 Å². The van der Waals surface area contributed by atoms with Crippen molar-refractivity contribution in [2.75, 3.05) is 12.8 Å². The SMILES string of the molecule is COCc1ccccc1-c1nc2ccccn2c1N. The molecular weight excluding hydrogens is 238 g/mol. The van der Waals surface area contributed by atoms with Gasteiger partial charge in [0.2, 0.25) is 0 Å². The number of pyridine rings is 1. The summed E-state index contributed by atoms with van der Waals surface area (Å²) in [5.74, 6) is 0.652. The third kappa shape index (κ3) is 1.96. The van der Waals surface area contributed by atoms with E-state index in [9.17, 15) is 0 Å². The Morgan fingerprint density at radius 2 is 1.95 bits per heavy atom. The molecule has 0 atom stereocenters. The average molecular weight is 253 g/mol. The first-order valence-corrected chi connectivity index (χ1v) is 6.11. The van der Waals surface area contributed by atoms with Gasteiger partial charge in [0.05, 0.1) is 6.61 Å². The summed E-state index contributed by atoms with van der Waals surface area (Å²) in [5.41, 5.74) is 9.95. The summed E-state index contributed by atoms with van der Waals surface area (Å²) in [6.07, 6.45) is 1.92. The summed E-state index contributed by atoms with van der Waals surface area (Å²) in [6, 6.07) is 13.9. The zero-order chi connectivity index (χ0) is 13.2. The third-order valence-electron chi connectivity index (χ3n) is 3.14. The first-order chi connectivity index (χ1) is 9.31. The summed E-state index contributed by atoms with van der Waals surface area (Å²) in [7, 11) is 1.68. The predicted octanol–water partition coefficient (Wildman–Crippen LogP) is 2.73. The molecule has 0 aliphatic rings. The number of aromatic nitrogens is 2. The highest BCUT2D eigenvalue weighted by Crippen LogP contribution is 2.29. The highest BCUT2D eigenvalue weighted by molar-refractivity contribution is 5.77. The van der Waals surface area contributed by atoms with Gasteiger partial charge in [0, 0.05) is 18.9 Å². The van der Waals surface area contributed by atoms with Crippen molar-refractivity contribution in [3.05, 3.63) is 54.2 Å². The Morgan fingerprint density at radius 3 is 2.74 bits per heavy atom. The lowest BCUT2D eigenvalue weighted by atomic mass is 10.1. The minimum Gasteiger partial charge on any atom is -0.383 e. The maximum absolute atomic E-state index is 6.20. The Balaban J connectivity index is 2.22. The first-order valence-electron chi connectivity index (χ1n) is 6.11. The van der Waals surface area contributed by atoms with Gasteiger partial charge >= 0.3 is 0 Å². The molecule has 0 bridgehead atoms. The number of fused-ring (bicyclic) bond motifs is 1. The zero-order valence-electron chi connectivity index (χ0n) is 10.7. The Labute approximate surface area is 111 Å². The van der Waals surface area contributed by atoms with Crippen molar-refractivity contribution in [1.29, 1.82) is 0 Å². The van der Waals surface area contributed by atoms with Crippen LogP contribution < -0.4 is 5.73 Å². The minimum absolute atomic E-state index is 0.545. The zero-order valence-corrected chi connectivity index (χ0v) is 10.7. The number of anilines is 1. The van der Waals surface area contributed by atoms with E-state index < -0.39 is 0 Å². The number of rotatable bonds is 3. The van der Waals surface area contributed by atoms with Gasteiger partial charge in [0.25, 0.3) is 0 Å². The summed E-state index contributed by atoms with van der Waals surface area (Å²) in [5, 5.41) is 0. The number of imidazole rings is 1. The topological polar surface area (TPSA) is 52.5 Å². The van der Waals surface area contributed by atoms with Gasteiger partial charge in [-0.05, 0) is 17.7 Å². The predicted molar refractivity (Wildman–Crippen MR) is 75.8 cm³/mol. The number of ether oxygens (including phenoxy) is 1. The molecule has 0 unspecified atom stereocenters. The number of hydrogen-bond acceptors (Lipinski definition) is 3. The largest absolute Gasteiger partial charge is 0.383 e. The fourth-order valence-electron chi connectivity index (χ4n) is 2.25. The number of nitrogens with two attached hydrogens (primary N) is 1. The number of methoxy groups -OCH3 is 1. The van der Waals surface area contributed by atoms with Crippen LogP contribution in [0.5, 0.6) is 0 Å². The molecule has 0 spiro atoms. The lowest BCUT2D eigenvalue weighted by molar-refractivity contribution is 0.185. The van der Waals surface area contributed by atoms with Crippen LogP contribution in [0.15, 0.2) is 48.7 Å². The van der Waals surface area contributed by atoms with Crippen molar-refractivity contribution >= 4 is 11.5 Å². The second-order valence-electron chi connectivity index (χ2n) is 4.36. The maximum atomic E-state index is 6.20. The van der Waals surface area contributed by atoms with E-state index in [1.807, 2.05) is 53.1 Å². The standard InChI is InChI=1S/C15H15N3O/c1-19-10-11-6-2-3-7-12(11)14-15(16)18-9-5-4-8-13(18)17-14/h2-9H,10,16H2,1H3. The Bertz CT molecular complexity index is 718. The van der Waals surface area contributed by atoms with E-state index in [-0.39, 0.29) is 0 Å². The molecule has 19 heavy (non-hydrogen) atoms. The fraction of sp³-hybridized carbons (Fsp3) is 0.133. The first kappa shape index (κ1) is 11.7. The van der Waals surface area contributed by atoms with E-state index in [2.05, 4.69) is 4.98 Å². The molecular formula is C15H15N3O. The van der Waals surface area contributed by atoms with Crippen molar-refractivity contribution in [2.24, 2.45) is 0 Å². The van der Waals surface area contributed by atoms with E-state index in [1.54, 1.807) is 7.11 Å². The lowest BCUT2D eigenvalue weighted by Gasteiger charge is -2.07. The van der Waals surface area contributed by atoms with Crippen LogP contribution in [0.1, 0.15) is 5.56 Å². The molecule has 2 aromatic heterocycles. The van der Waals surface area contributed by atoms with Crippen LogP contribution in [0.2, 0.25) is 0 Å². The molecule has 1 aromatic carbocycles. The molecule has 96 valence electrons. The average Bonchev–Trinajstić information content (AvgIpc) is 2.78. The molecule has 0 aliphatic carbocycles. The Morgan fingerprint density at radius 1 is 1.16 bits per heavy atom. The Hall–Kier alpha value is -2.33. The van der Waals surface area contributed by atoms with E-state index >= 15 is 0 Å². The summed E-state index contributed by atoms with van der Waals surface area (Å²) < 4.78 is 7.12. The van der Waals surface area contributed by atoms with Crippen molar-refractivity contribution in [3.8, 4) is 11.3 Å². The summed E-state index contributed by atoms with van der Waals surface area (Å²) >= 11 is 0. The van der Waals surface area contributed by atoms with Gasteiger partial charge in [0.1, 0.15) is 17.2 Å². The van der Waals surface area contributed by atoms with Crippen LogP contribution in [0.3, 0.4) is 0 Å². The molecule has 3 rings (SSSR count). The molecule has 0 saturated heterocycles. The number of nitrogens with zero attached hydrogens (tertiary/aromatic N) is 2. The quantitative estimate of drug-likeness (QED) is 0.780. The van der Waals surface area contributed by atoms with Gasteiger partial charge in [0.15, 0.2) is 0 Å². The van der Waals surface area contributed by atoms with E-state index in [1.165, 1.54) is 0 Å². The molecule has 4 heteroatoms. The van der Waals surface area contributed by atoms with Crippen LogP contribution in [0.4, 0.5) is 5.82 Å². The lowest BCUT2D eigenvalue weighted by Crippen LogP contribution is -1.96. The van der Waals surface area contributed by atoms with Crippen molar-refractivity contribution in [3.63, 3.8) is 0 Å². The maximum Gasteiger partial charge on any atom is 0.139 e. The molecule has 0 saturated carbocycles. The molecule has 3 aromatic rings. The number of benzene rings is 1. The van der Waals surface area contributed by atoms with E-state index in [0.717, 1.165) is 22.5 Å². The van der Waals surface area contributed by atoms with Crippen LogP contribution in [0.25, 0.3) is 16.9 Å². The van der Waals surface area contributed by atoms with Crippen molar-refractivity contribution < 1.29 is 4.74 Å². The van der Waals surface area contributed by atoms with Crippen LogP contribution in [-0.4, -0.2) is 16.5 Å². The highest BCUT2D eigenvalue weighted by atomic mass is 16.5. The van der Waals surface area contributed by atoms with Crippen LogP contribution >= 0.6 is 0 Å². The second kappa shape index (κ2) is 4.74. The molecule has 2 N–H and O–H groups in total. The van der Waals surface area contributed by atoms with Crippen molar-refractivity contribution in [1.82, 2.24) is 9.38 Å². The third-order valence-corrected chi connectivity index (χ3v) is 3.14. The molecule has 2 heterocycles. The van der Waals surface area contributed by atoms with Gasteiger partial charge in [-0.25, -0.2) is 4.98 Å². The summed E-state index contributed by atoms with van der Waals surface area (Å²) in [6.45, 7) is 0.545. The minimum atomic E-state index is 0.545. The van der Waals surface area contributed by atoms with Crippen molar-refractivity contribution in [2.45, 2.75) is 6.61 Å². The van der Waals surface area contributed by atoms with Gasteiger partial charge in [-0.15, -0.1) is 0 Å². The van der Waals surface area contributed by atoms with Gasteiger partial charge in [-0.2, -0.15) is 0 Å². The van der Waals surface area contributed by atoms with E-state index in [4.69, 9.17) is 10.5 Å². The summed E-state index contributed by atoms with van der Waals surface area (Å²) in [4.78, 5) is 4.61.